The third-order valence-corrected chi connectivity index (χ3v) is 1.63. The molecule has 1 radical (unpaired) electrons. The zero-order valence-corrected chi connectivity index (χ0v) is 4.02. The fraction of sp³-hybridized carbons (Fsp3) is 0.800. The van der Waals surface area contributed by atoms with Gasteiger partial charge in [-0.15, -0.1) is 0 Å². The molecule has 0 aromatic rings. The van der Waals surface area contributed by atoms with Crippen LogP contribution in [0.2, 0.25) is 0 Å². The Bertz CT molecular complexity index is 96.3. The standard InChI is InChI=1S/C5H7O2/c1-4-5(2-6-4)3-7-5/h4H,1-3H2. The molecule has 0 amide bonds. The molecular formula is C5H7O2. The summed E-state index contributed by atoms with van der Waals surface area (Å²) in [6.07, 6.45) is 0.118. The van der Waals surface area contributed by atoms with Crippen molar-refractivity contribution in [2.45, 2.75) is 11.7 Å². The lowest BCUT2D eigenvalue weighted by Gasteiger charge is -2.30. The van der Waals surface area contributed by atoms with Gasteiger partial charge in [-0.25, -0.2) is 0 Å². The first-order valence-corrected chi connectivity index (χ1v) is 2.42. The van der Waals surface area contributed by atoms with Gasteiger partial charge in [0.1, 0.15) is 5.60 Å². The molecule has 0 saturated carbocycles. The second kappa shape index (κ2) is 0.858. The van der Waals surface area contributed by atoms with Crippen LogP contribution in [-0.4, -0.2) is 24.9 Å². The van der Waals surface area contributed by atoms with Crippen molar-refractivity contribution in [2.24, 2.45) is 0 Å². The smallest absolute Gasteiger partial charge is 0.141 e. The summed E-state index contributed by atoms with van der Waals surface area (Å²) in [6, 6.07) is 0. The molecular weight excluding hydrogens is 92.1 g/mol. The molecule has 39 valence electrons. The van der Waals surface area contributed by atoms with Crippen LogP contribution >= 0.6 is 0 Å². The lowest BCUT2D eigenvalue weighted by atomic mass is 10.0. The van der Waals surface area contributed by atoms with Crippen LogP contribution < -0.4 is 0 Å². The number of hydrogen-bond acceptors (Lipinski definition) is 2. The van der Waals surface area contributed by atoms with Gasteiger partial charge in [-0.05, 0) is 6.92 Å². The molecule has 2 aliphatic heterocycles. The summed E-state index contributed by atoms with van der Waals surface area (Å²) >= 11 is 0. The fourth-order valence-electron chi connectivity index (χ4n) is 0.749. The maximum Gasteiger partial charge on any atom is 0.141 e. The van der Waals surface area contributed by atoms with Gasteiger partial charge >= 0.3 is 0 Å². The predicted molar refractivity (Wildman–Crippen MR) is 23.8 cm³/mol. The van der Waals surface area contributed by atoms with Crippen LogP contribution in [0.5, 0.6) is 0 Å². The minimum Gasteiger partial charge on any atom is -0.372 e. The largest absolute Gasteiger partial charge is 0.372 e. The van der Waals surface area contributed by atoms with Crippen molar-refractivity contribution in [3.05, 3.63) is 6.92 Å². The van der Waals surface area contributed by atoms with Crippen molar-refractivity contribution in [2.75, 3.05) is 13.2 Å². The highest BCUT2D eigenvalue weighted by Crippen LogP contribution is 2.40. The molecule has 2 heterocycles. The molecule has 0 N–H and O–H groups in total. The molecule has 2 atom stereocenters. The first-order valence-electron chi connectivity index (χ1n) is 2.42. The van der Waals surface area contributed by atoms with Gasteiger partial charge in [0, 0.05) is 0 Å². The van der Waals surface area contributed by atoms with Gasteiger partial charge in [-0.2, -0.15) is 0 Å². The highest BCUT2D eigenvalue weighted by atomic mass is 16.7. The van der Waals surface area contributed by atoms with Gasteiger partial charge in [0.15, 0.2) is 0 Å². The summed E-state index contributed by atoms with van der Waals surface area (Å²) in [5.74, 6) is 0. The van der Waals surface area contributed by atoms with Crippen LogP contribution in [0.1, 0.15) is 0 Å². The van der Waals surface area contributed by atoms with Gasteiger partial charge in [-0.1, -0.05) is 0 Å². The minimum atomic E-state index is 0.0972. The minimum absolute atomic E-state index is 0.0972. The molecule has 2 aliphatic rings. The lowest BCUT2D eigenvalue weighted by molar-refractivity contribution is -0.104. The van der Waals surface area contributed by atoms with E-state index in [-0.39, 0.29) is 11.7 Å². The average Bonchev–Trinajstić information content (AvgIpc) is 2.40. The number of hydrogen-bond donors (Lipinski definition) is 0. The van der Waals surface area contributed by atoms with Crippen molar-refractivity contribution in [1.82, 2.24) is 0 Å². The van der Waals surface area contributed by atoms with E-state index in [1.165, 1.54) is 0 Å². The summed E-state index contributed by atoms with van der Waals surface area (Å²) in [6.45, 7) is 5.34. The van der Waals surface area contributed by atoms with Crippen LogP contribution in [0.15, 0.2) is 0 Å². The summed E-state index contributed by atoms with van der Waals surface area (Å²) < 4.78 is 10.0. The second-order valence-corrected chi connectivity index (χ2v) is 2.15. The normalized spacial score (nSPS) is 57.0. The Morgan fingerprint density at radius 2 is 2.29 bits per heavy atom. The monoisotopic (exact) mass is 99.0 g/mol. The SMILES string of the molecule is [CH2]C1OCC12CO2. The van der Waals surface area contributed by atoms with E-state index in [0.717, 1.165) is 13.2 Å². The highest BCUT2D eigenvalue weighted by Gasteiger charge is 2.57. The number of epoxide rings is 1. The number of rotatable bonds is 0. The zero-order chi connectivity index (χ0) is 4.91. The molecule has 2 fully saturated rings. The summed E-state index contributed by atoms with van der Waals surface area (Å²) in [5.41, 5.74) is 0.0972. The van der Waals surface area contributed by atoms with Gasteiger partial charge in [-0.3, -0.25) is 0 Å². The summed E-state index contributed by atoms with van der Waals surface area (Å²) in [5, 5.41) is 0. The Morgan fingerprint density at radius 3 is 2.29 bits per heavy atom. The first-order chi connectivity index (χ1) is 3.33. The molecule has 2 saturated heterocycles. The summed E-state index contributed by atoms with van der Waals surface area (Å²) in [7, 11) is 0. The van der Waals surface area contributed by atoms with E-state index < -0.39 is 0 Å². The van der Waals surface area contributed by atoms with Crippen molar-refractivity contribution in [3.8, 4) is 0 Å². The van der Waals surface area contributed by atoms with E-state index in [2.05, 4.69) is 6.92 Å². The Kier molecular flexibility index (Phi) is 0.474. The van der Waals surface area contributed by atoms with E-state index in [1.807, 2.05) is 0 Å². The van der Waals surface area contributed by atoms with Gasteiger partial charge in [0.25, 0.3) is 0 Å². The van der Waals surface area contributed by atoms with Crippen LogP contribution in [0.25, 0.3) is 0 Å². The van der Waals surface area contributed by atoms with Crippen LogP contribution in [0.4, 0.5) is 0 Å². The third-order valence-electron chi connectivity index (χ3n) is 1.63. The Hall–Kier alpha value is -0.0800. The molecule has 0 aromatic heterocycles. The first kappa shape index (κ1) is 3.87. The fourth-order valence-corrected chi connectivity index (χ4v) is 0.749. The van der Waals surface area contributed by atoms with E-state index in [1.54, 1.807) is 0 Å². The van der Waals surface area contributed by atoms with Crippen LogP contribution in [-0.2, 0) is 9.47 Å². The zero-order valence-electron chi connectivity index (χ0n) is 4.02. The molecule has 1 spiro atoms. The highest BCUT2D eigenvalue weighted by molar-refractivity contribution is 5.07. The Labute approximate surface area is 42.4 Å². The van der Waals surface area contributed by atoms with Gasteiger partial charge in [0.2, 0.25) is 0 Å². The quantitative estimate of drug-likeness (QED) is 0.398. The molecule has 0 aliphatic carbocycles. The molecule has 2 nitrogen and oxygen atoms in total. The van der Waals surface area contributed by atoms with Gasteiger partial charge in [0.05, 0.1) is 19.3 Å². The van der Waals surface area contributed by atoms with Crippen LogP contribution in [0.3, 0.4) is 0 Å². The van der Waals surface area contributed by atoms with Crippen molar-refractivity contribution >= 4 is 0 Å². The maximum absolute atomic E-state index is 5.06. The average molecular weight is 99.1 g/mol. The molecule has 7 heavy (non-hydrogen) atoms. The Balaban J connectivity index is 2.09. The van der Waals surface area contributed by atoms with Crippen molar-refractivity contribution in [1.29, 1.82) is 0 Å². The van der Waals surface area contributed by atoms with Crippen molar-refractivity contribution < 1.29 is 9.47 Å². The molecule has 0 bridgehead atoms. The van der Waals surface area contributed by atoms with E-state index in [4.69, 9.17) is 9.47 Å². The number of ether oxygens (including phenoxy) is 2. The topological polar surface area (TPSA) is 21.8 Å². The molecule has 2 heteroatoms. The second-order valence-electron chi connectivity index (χ2n) is 2.15. The van der Waals surface area contributed by atoms with Crippen molar-refractivity contribution in [3.63, 3.8) is 0 Å². The van der Waals surface area contributed by atoms with Gasteiger partial charge < -0.3 is 9.47 Å². The Morgan fingerprint density at radius 1 is 1.57 bits per heavy atom. The van der Waals surface area contributed by atoms with Crippen LogP contribution in [0, 0.1) is 6.92 Å². The van der Waals surface area contributed by atoms with E-state index in [9.17, 15) is 0 Å². The third kappa shape index (κ3) is 0.318. The lowest BCUT2D eigenvalue weighted by Crippen LogP contribution is -2.46. The molecule has 2 unspecified atom stereocenters. The van der Waals surface area contributed by atoms with E-state index >= 15 is 0 Å². The maximum atomic E-state index is 5.06. The predicted octanol–water partition coefficient (Wildman–Crippen LogP) is -0.0117. The molecule has 0 aromatic carbocycles. The summed E-state index contributed by atoms with van der Waals surface area (Å²) in [4.78, 5) is 0. The van der Waals surface area contributed by atoms with E-state index in [0.29, 0.717) is 0 Å². The molecule has 2 rings (SSSR count).